The van der Waals surface area contributed by atoms with Gasteiger partial charge >= 0.3 is 0 Å². The summed E-state index contributed by atoms with van der Waals surface area (Å²) < 4.78 is 4.15. The fourth-order valence-corrected chi connectivity index (χ4v) is 1.93. The maximum absolute atomic E-state index is 11.9. The summed E-state index contributed by atoms with van der Waals surface area (Å²) in [5.74, 6) is 0.705. The van der Waals surface area contributed by atoms with Crippen LogP contribution in [0.5, 0.6) is 0 Å². The minimum atomic E-state index is -0.204. The van der Waals surface area contributed by atoms with E-state index in [4.69, 9.17) is 0 Å². The molecule has 0 bridgehead atoms. The van der Waals surface area contributed by atoms with E-state index in [1.54, 1.807) is 10.9 Å². The second kappa shape index (κ2) is 5.09. The van der Waals surface area contributed by atoms with E-state index in [2.05, 4.69) is 47.0 Å². The van der Waals surface area contributed by atoms with Gasteiger partial charge in [0.15, 0.2) is 0 Å². The molecule has 2 rings (SSSR count). The molecule has 2 aromatic rings. The summed E-state index contributed by atoms with van der Waals surface area (Å²) in [7, 11) is 0. The largest absolute Gasteiger partial charge is 0.282 e. The molecule has 0 atom stereocenters. The molecule has 90 valence electrons. The van der Waals surface area contributed by atoms with Crippen LogP contribution in [-0.4, -0.2) is 24.5 Å². The molecule has 0 spiro atoms. The van der Waals surface area contributed by atoms with Gasteiger partial charge in [-0.2, -0.15) is 10.2 Å². The van der Waals surface area contributed by atoms with E-state index in [1.165, 1.54) is 11.0 Å². The van der Waals surface area contributed by atoms with Gasteiger partial charge in [0.1, 0.15) is 23.2 Å². The lowest BCUT2D eigenvalue weighted by Gasteiger charge is -2.06. The molecule has 0 aliphatic carbocycles. The van der Waals surface area contributed by atoms with Gasteiger partial charge in [0, 0.05) is 6.54 Å². The van der Waals surface area contributed by atoms with Crippen molar-refractivity contribution < 1.29 is 0 Å². The summed E-state index contributed by atoms with van der Waals surface area (Å²) in [5, 5.41) is 8.08. The Hall–Kier alpha value is -1.02. The van der Waals surface area contributed by atoms with Crippen molar-refractivity contribution in [2.45, 2.75) is 20.0 Å². The van der Waals surface area contributed by atoms with Gasteiger partial charge in [-0.3, -0.25) is 4.79 Å². The molecule has 6 nitrogen and oxygen atoms in total. The van der Waals surface area contributed by atoms with Crippen molar-refractivity contribution in [2.75, 3.05) is 0 Å². The summed E-state index contributed by atoms with van der Waals surface area (Å²) in [5.41, 5.74) is -0.204. The van der Waals surface area contributed by atoms with Gasteiger partial charge in [0.05, 0.1) is 10.7 Å². The van der Waals surface area contributed by atoms with Crippen molar-refractivity contribution in [3.8, 4) is 0 Å². The number of nitrogens with zero attached hydrogens (tertiary/aromatic N) is 5. The molecule has 0 fully saturated rings. The summed E-state index contributed by atoms with van der Waals surface area (Å²) in [6.07, 6.45) is 3.04. The lowest BCUT2D eigenvalue weighted by molar-refractivity contribution is 0.549. The normalized spacial score (nSPS) is 10.8. The van der Waals surface area contributed by atoms with Crippen LogP contribution in [0.25, 0.3) is 0 Å². The van der Waals surface area contributed by atoms with Gasteiger partial charge in [-0.1, -0.05) is 0 Å². The molecule has 0 N–H and O–H groups in total. The maximum atomic E-state index is 11.9. The van der Waals surface area contributed by atoms with Crippen molar-refractivity contribution >= 4 is 31.9 Å². The van der Waals surface area contributed by atoms with Crippen LogP contribution in [0.3, 0.4) is 0 Å². The third-order valence-corrected chi connectivity index (χ3v) is 4.13. The monoisotopic (exact) mass is 361 g/mol. The number of hydrogen-bond donors (Lipinski definition) is 0. The number of aryl methyl sites for hydroxylation is 1. The second-order valence-electron chi connectivity index (χ2n) is 3.26. The smallest absolute Gasteiger partial charge is 0.266 e. The predicted octanol–water partition coefficient (Wildman–Crippen LogP) is 1.43. The molecule has 0 aromatic carbocycles. The van der Waals surface area contributed by atoms with Gasteiger partial charge in [-0.05, 0) is 38.8 Å². The van der Waals surface area contributed by atoms with Gasteiger partial charge in [0.2, 0.25) is 0 Å². The van der Waals surface area contributed by atoms with E-state index in [9.17, 15) is 4.79 Å². The standard InChI is InChI=1S/C9H9Br2N5O/c1-2-15-7(12-5-14-15)4-16-9(17)8(11)6(10)3-13-16/h3,5H,2,4H2,1H3. The molecule has 0 radical (unpaired) electrons. The van der Waals surface area contributed by atoms with E-state index < -0.39 is 0 Å². The number of hydrogen-bond acceptors (Lipinski definition) is 4. The molecule has 0 saturated carbocycles. The molecule has 0 amide bonds. The third kappa shape index (κ3) is 2.47. The Bertz CT molecular complexity index is 591. The van der Waals surface area contributed by atoms with Crippen LogP contribution in [0.15, 0.2) is 26.3 Å². The lowest BCUT2D eigenvalue weighted by Crippen LogP contribution is -2.25. The highest BCUT2D eigenvalue weighted by molar-refractivity contribution is 9.13. The maximum Gasteiger partial charge on any atom is 0.282 e. The molecule has 0 aliphatic rings. The Morgan fingerprint density at radius 2 is 2.06 bits per heavy atom. The SMILES string of the molecule is CCn1ncnc1Cn1ncc(Br)c(Br)c1=O. The zero-order valence-electron chi connectivity index (χ0n) is 8.97. The molecule has 0 saturated heterocycles. The first-order valence-electron chi connectivity index (χ1n) is 4.91. The highest BCUT2D eigenvalue weighted by Crippen LogP contribution is 2.16. The Kier molecular flexibility index (Phi) is 3.72. The van der Waals surface area contributed by atoms with E-state index >= 15 is 0 Å². The molecule has 2 heterocycles. The van der Waals surface area contributed by atoms with Gasteiger partial charge in [-0.25, -0.2) is 14.3 Å². The van der Waals surface area contributed by atoms with Crippen LogP contribution >= 0.6 is 31.9 Å². The highest BCUT2D eigenvalue weighted by Gasteiger charge is 2.09. The Labute approximate surface area is 114 Å². The van der Waals surface area contributed by atoms with E-state index in [0.29, 0.717) is 27.9 Å². The van der Waals surface area contributed by atoms with Crippen LogP contribution in [0.2, 0.25) is 0 Å². The first-order valence-corrected chi connectivity index (χ1v) is 6.50. The zero-order valence-corrected chi connectivity index (χ0v) is 12.1. The summed E-state index contributed by atoms with van der Waals surface area (Å²) in [6.45, 7) is 2.98. The molecule has 8 heteroatoms. The van der Waals surface area contributed by atoms with Crippen molar-refractivity contribution in [2.24, 2.45) is 0 Å². The predicted molar refractivity (Wildman–Crippen MR) is 68.7 cm³/mol. The van der Waals surface area contributed by atoms with Crippen LogP contribution in [0, 0.1) is 0 Å². The minimum Gasteiger partial charge on any atom is -0.266 e. The quantitative estimate of drug-likeness (QED) is 0.828. The topological polar surface area (TPSA) is 65.6 Å². The highest BCUT2D eigenvalue weighted by atomic mass is 79.9. The van der Waals surface area contributed by atoms with Gasteiger partial charge in [0.25, 0.3) is 5.56 Å². The first-order chi connectivity index (χ1) is 8.13. The van der Waals surface area contributed by atoms with E-state index in [1.807, 2.05) is 6.92 Å². The van der Waals surface area contributed by atoms with Crippen molar-refractivity contribution in [1.29, 1.82) is 0 Å². The minimum absolute atomic E-state index is 0.204. The van der Waals surface area contributed by atoms with Crippen molar-refractivity contribution in [1.82, 2.24) is 24.5 Å². The van der Waals surface area contributed by atoms with Crippen LogP contribution in [-0.2, 0) is 13.1 Å². The first kappa shape index (κ1) is 12.4. The lowest BCUT2D eigenvalue weighted by atomic mass is 10.5. The molecule has 0 unspecified atom stereocenters. The fourth-order valence-electron chi connectivity index (χ4n) is 1.37. The average Bonchev–Trinajstić information content (AvgIpc) is 2.77. The summed E-state index contributed by atoms with van der Waals surface area (Å²) in [6, 6.07) is 0. The summed E-state index contributed by atoms with van der Waals surface area (Å²) >= 11 is 6.44. The van der Waals surface area contributed by atoms with Crippen molar-refractivity contribution in [3.63, 3.8) is 0 Å². The van der Waals surface area contributed by atoms with Crippen LogP contribution in [0.1, 0.15) is 12.7 Å². The fraction of sp³-hybridized carbons (Fsp3) is 0.333. The van der Waals surface area contributed by atoms with E-state index in [-0.39, 0.29) is 5.56 Å². The number of aromatic nitrogens is 5. The molecule has 17 heavy (non-hydrogen) atoms. The summed E-state index contributed by atoms with van der Waals surface area (Å²) in [4.78, 5) is 16.0. The average molecular weight is 363 g/mol. The van der Waals surface area contributed by atoms with Crippen molar-refractivity contribution in [3.05, 3.63) is 37.6 Å². The Morgan fingerprint density at radius 1 is 1.29 bits per heavy atom. The van der Waals surface area contributed by atoms with Gasteiger partial charge in [-0.15, -0.1) is 0 Å². The number of halogens is 2. The van der Waals surface area contributed by atoms with E-state index in [0.717, 1.165) is 0 Å². The Morgan fingerprint density at radius 3 is 2.76 bits per heavy atom. The van der Waals surface area contributed by atoms with Crippen LogP contribution < -0.4 is 5.56 Å². The molecular formula is C9H9Br2N5O. The molecule has 0 aliphatic heterocycles. The molecular weight excluding hydrogens is 354 g/mol. The molecule has 2 aromatic heterocycles. The zero-order chi connectivity index (χ0) is 12.4. The second-order valence-corrected chi connectivity index (χ2v) is 4.91. The van der Waals surface area contributed by atoms with Crippen LogP contribution in [0.4, 0.5) is 0 Å². The third-order valence-electron chi connectivity index (χ3n) is 2.23. The Balaban J connectivity index is 2.37. The van der Waals surface area contributed by atoms with Gasteiger partial charge < -0.3 is 0 Å². The number of rotatable bonds is 3.